The molecule has 7 heteroatoms. The summed E-state index contributed by atoms with van der Waals surface area (Å²) in [7, 11) is 0. The highest BCUT2D eigenvalue weighted by Crippen LogP contribution is 2.42. The molecule has 0 radical (unpaired) electrons. The molecule has 0 aromatic rings. The van der Waals surface area contributed by atoms with Crippen molar-refractivity contribution in [3.8, 4) is 0 Å². The lowest BCUT2D eigenvalue weighted by Crippen LogP contribution is -2.77. The molecule has 2 aliphatic rings. The van der Waals surface area contributed by atoms with Gasteiger partial charge in [0.2, 0.25) is 11.8 Å². The fraction of sp³-hybridized carbons (Fsp3) is 0.857. The number of nitrogens with zero attached hydrogens (tertiary/aromatic N) is 2. The average Bonchev–Trinajstić information content (AvgIpc) is 2.82. The van der Waals surface area contributed by atoms with Crippen LogP contribution in [-0.2, 0) is 9.59 Å². The monoisotopic (exact) mass is 299 g/mol. The number of hydrogen-bond donors (Lipinski definition) is 3. The van der Waals surface area contributed by atoms with Gasteiger partial charge in [-0.15, -0.1) is 0 Å². The third-order valence-electron chi connectivity index (χ3n) is 4.63. The van der Waals surface area contributed by atoms with Crippen LogP contribution in [0.5, 0.6) is 0 Å². The molecule has 1 spiro atoms. The minimum atomic E-state index is -1.01. The predicted molar refractivity (Wildman–Crippen MR) is 75.9 cm³/mol. The van der Waals surface area contributed by atoms with Gasteiger partial charge in [-0.3, -0.25) is 14.5 Å². The summed E-state index contributed by atoms with van der Waals surface area (Å²) in [6, 6.07) is -0.998. The zero-order valence-electron chi connectivity index (χ0n) is 12.8. The van der Waals surface area contributed by atoms with Crippen LogP contribution < -0.4 is 5.73 Å². The molecule has 0 bridgehead atoms. The molecule has 2 aliphatic heterocycles. The number of β-lactam (4-membered cyclic amide) rings is 1. The zero-order chi connectivity index (χ0) is 15.9. The number of amides is 2. The van der Waals surface area contributed by atoms with Crippen molar-refractivity contribution < 1.29 is 19.8 Å². The average molecular weight is 299 g/mol. The summed E-state index contributed by atoms with van der Waals surface area (Å²) in [5.41, 5.74) is 4.55. The summed E-state index contributed by atoms with van der Waals surface area (Å²) in [4.78, 5) is 27.2. The minimum Gasteiger partial charge on any atom is -0.391 e. The third-order valence-corrected chi connectivity index (χ3v) is 4.63. The molecule has 0 saturated carbocycles. The molecule has 2 amide bonds. The molecule has 2 rings (SSSR count). The number of rotatable bonds is 5. The lowest BCUT2D eigenvalue weighted by Gasteiger charge is -2.55. The topological polar surface area (TPSA) is 107 Å². The molecule has 0 aromatic heterocycles. The van der Waals surface area contributed by atoms with Crippen LogP contribution in [0.1, 0.15) is 33.6 Å². The normalized spacial score (nSPS) is 30.6. The molecular formula is C14H25N3O4. The Morgan fingerprint density at radius 2 is 1.95 bits per heavy atom. The molecule has 2 heterocycles. The first-order chi connectivity index (χ1) is 9.72. The molecule has 7 nitrogen and oxygen atoms in total. The molecule has 0 aliphatic carbocycles. The zero-order valence-corrected chi connectivity index (χ0v) is 12.8. The Balaban J connectivity index is 2.18. The number of primary amides is 1. The maximum atomic E-state index is 12.6. The number of carbonyl (C=O) groups excluding carboxylic acids is 2. The summed E-state index contributed by atoms with van der Waals surface area (Å²) in [6.07, 6.45) is -0.192. The molecule has 4 atom stereocenters. The van der Waals surface area contributed by atoms with Gasteiger partial charge < -0.3 is 20.8 Å². The van der Waals surface area contributed by atoms with E-state index >= 15 is 0 Å². The number of carbonyl (C=O) groups is 2. The highest BCUT2D eigenvalue weighted by Gasteiger charge is 2.62. The SMILES string of the molecule is CC(C)C(O)N1CCCC12CN([C@H](C(N)=O)[C@@H](C)O)C2=O. The lowest BCUT2D eigenvalue weighted by molar-refractivity contribution is -0.185. The molecule has 2 saturated heterocycles. The highest BCUT2D eigenvalue weighted by molar-refractivity contribution is 5.97. The number of nitrogens with two attached hydrogens (primary N) is 1. The van der Waals surface area contributed by atoms with E-state index in [4.69, 9.17) is 5.73 Å². The number of likely N-dealkylation sites (tertiary alicyclic amines) is 2. The van der Waals surface area contributed by atoms with Crippen molar-refractivity contribution in [1.29, 1.82) is 0 Å². The van der Waals surface area contributed by atoms with E-state index in [2.05, 4.69) is 0 Å². The van der Waals surface area contributed by atoms with E-state index < -0.39 is 29.8 Å². The Morgan fingerprint density at radius 1 is 1.33 bits per heavy atom. The van der Waals surface area contributed by atoms with Crippen molar-refractivity contribution in [2.24, 2.45) is 11.7 Å². The van der Waals surface area contributed by atoms with E-state index in [1.165, 1.54) is 11.8 Å². The Morgan fingerprint density at radius 3 is 2.38 bits per heavy atom. The molecule has 2 unspecified atom stereocenters. The van der Waals surface area contributed by atoms with Crippen LogP contribution in [-0.4, -0.2) is 68.8 Å². The first-order valence-electron chi connectivity index (χ1n) is 7.45. The van der Waals surface area contributed by atoms with Crippen LogP contribution in [0, 0.1) is 5.92 Å². The van der Waals surface area contributed by atoms with Gasteiger partial charge in [0.1, 0.15) is 17.8 Å². The predicted octanol–water partition coefficient (Wildman–Crippen LogP) is -1.13. The van der Waals surface area contributed by atoms with Crippen molar-refractivity contribution in [3.05, 3.63) is 0 Å². The van der Waals surface area contributed by atoms with E-state index in [1.54, 1.807) is 0 Å². The van der Waals surface area contributed by atoms with Crippen LogP contribution in [0.15, 0.2) is 0 Å². The summed E-state index contributed by atoms with van der Waals surface area (Å²) in [6.45, 7) is 6.24. The van der Waals surface area contributed by atoms with Gasteiger partial charge in [-0.25, -0.2) is 0 Å². The van der Waals surface area contributed by atoms with Gasteiger partial charge in [-0.1, -0.05) is 13.8 Å². The van der Waals surface area contributed by atoms with Crippen LogP contribution in [0.25, 0.3) is 0 Å². The molecule has 4 N–H and O–H groups in total. The van der Waals surface area contributed by atoms with Crippen molar-refractivity contribution in [1.82, 2.24) is 9.80 Å². The quantitative estimate of drug-likeness (QED) is 0.557. The standard InChI is InChI=1S/C14H25N3O4/c1-8(2)12(20)17-6-4-5-14(17)7-16(13(14)21)10(9(3)18)11(15)19/h8-10,12,18,20H,4-7H2,1-3H3,(H2,15,19)/t9-,10+,12?,14?/m1/s1. The molecule has 0 aromatic carbocycles. The fourth-order valence-corrected chi connectivity index (χ4v) is 3.52. The van der Waals surface area contributed by atoms with E-state index in [1.807, 2.05) is 18.7 Å². The second-order valence-electron chi connectivity index (χ2n) is 6.51. The summed E-state index contributed by atoms with van der Waals surface area (Å²) < 4.78 is 0. The van der Waals surface area contributed by atoms with Crippen LogP contribution in [0.2, 0.25) is 0 Å². The Kier molecular flexibility index (Phi) is 4.28. The highest BCUT2D eigenvalue weighted by atomic mass is 16.3. The number of aliphatic hydroxyl groups is 2. The van der Waals surface area contributed by atoms with Gasteiger partial charge in [0.05, 0.1) is 6.10 Å². The van der Waals surface area contributed by atoms with Crippen LogP contribution in [0.4, 0.5) is 0 Å². The molecule has 120 valence electrons. The summed E-state index contributed by atoms with van der Waals surface area (Å²) >= 11 is 0. The Hall–Kier alpha value is -1.18. The van der Waals surface area contributed by atoms with Crippen LogP contribution >= 0.6 is 0 Å². The van der Waals surface area contributed by atoms with E-state index in [0.29, 0.717) is 19.5 Å². The van der Waals surface area contributed by atoms with Crippen LogP contribution in [0.3, 0.4) is 0 Å². The maximum absolute atomic E-state index is 12.6. The lowest BCUT2D eigenvalue weighted by atomic mass is 9.82. The van der Waals surface area contributed by atoms with Gasteiger partial charge in [0, 0.05) is 13.1 Å². The molecule has 21 heavy (non-hydrogen) atoms. The van der Waals surface area contributed by atoms with Gasteiger partial charge in [0.15, 0.2) is 0 Å². The van der Waals surface area contributed by atoms with Crippen molar-refractivity contribution >= 4 is 11.8 Å². The first-order valence-corrected chi connectivity index (χ1v) is 7.45. The van der Waals surface area contributed by atoms with Crippen molar-refractivity contribution in [2.45, 2.75) is 57.5 Å². The maximum Gasteiger partial charge on any atom is 0.245 e. The number of aliphatic hydroxyl groups excluding tert-OH is 2. The number of hydrogen-bond acceptors (Lipinski definition) is 5. The van der Waals surface area contributed by atoms with Crippen molar-refractivity contribution in [3.63, 3.8) is 0 Å². The Bertz CT molecular complexity index is 440. The summed E-state index contributed by atoms with van der Waals surface area (Å²) in [5.74, 6) is -0.905. The fourth-order valence-electron chi connectivity index (χ4n) is 3.52. The van der Waals surface area contributed by atoms with Gasteiger partial charge in [0.25, 0.3) is 0 Å². The smallest absolute Gasteiger partial charge is 0.245 e. The van der Waals surface area contributed by atoms with E-state index in [0.717, 1.165) is 6.42 Å². The van der Waals surface area contributed by atoms with E-state index in [9.17, 15) is 19.8 Å². The largest absolute Gasteiger partial charge is 0.391 e. The molecular weight excluding hydrogens is 274 g/mol. The van der Waals surface area contributed by atoms with E-state index in [-0.39, 0.29) is 11.8 Å². The third kappa shape index (κ3) is 2.43. The molecule has 2 fully saturated rings. The van der Waals surface area contributed by atoms with Gasteiger partial charge in [-0.2, -0.15) is 0 Å². The second-order valence-corrected chi connectivity index (χ2v) is 6.51. The minimum absolute atomic E-state index is 0.0190. The second kappa shape index (κ2) is 5.55. The Labute approximate surface area is 124 Å². The first kappa shape index (κ1) is 16.2. The summed E-state index contributed by atoms with van der Waals surface area (Å²) in [5, 5.41) is 20.0. The van der Waals surface area contributed by atoms with Gasteiger partial charge >= 0.3 is 0 Å². The van der Waals surface area contributed by atoms with Crippen molar-refractivity contribution in [2.75, 3.05) is 13.1 Å². The van der Waals surface area contributed by atoms with Gasteiger partial charge in [-0.05, 0) is 25.7 Å².